The lowest BCUT2D eigenvalue weighted by atomic mass is 10.1. The van der Waals surface area contributed by atoms with Gasteiger partial charge in [0.15, 0.2) is 0 Å². The number of nitrogens with zero attached hydrogens (tertiary/aromatic N) is 2. The first-order valence-electron chi connectivity index (χ1n) is 6.75. The summed E-state index contributed by atoms with van der Waals surface area (Å²) in [5.74, 6) is 0.887. The number of fused-ring (bicyclic) bond motifs is 1. The molecule has 20 heavy (non-hydrogen) atoms. The number of aryl methyl sites for hydroxylation is 3. The van der Waals surface area contributed by atoms with Crippen molar-refractivity contribution in [2.24, 2.45) is 0 Å². The highest BCUT2D eigenvalue weighted by atomic mass is 32.1. The predicted molar refractivity (Wildman–Crippen MR) is 86.0 cm³/mol. The summed E-state index contributed by atoms with van der Waals surface area (Å²) in [6, 6.07) is 8.57. The summed E-state index contributed by atoms with van der Waals surface area (Å²) in [7, 11) is 0. The lowest BCUT2D eigenvalue weighted by molar-refractivity contribution is 1.19. The summed E-state index contributed by atoms with van der Waals surface area (Å²) in [5.41, 5.74) is 3.59. The van der Waals surface area contributed by atoms with E-state index in [0.717, 1.165) is 28.1 Å². The normalized spacial score (nSPS) is 10.9. The van der Waals surface area contributed by atoms with Gasteiger partial charge in [-0.25, -0.2) is 9.97 Å². The SMILES string of the molecule is CCc1cc2c(Nc3ccc(C)cc3C)ncnc2s1. The molecule has 0 atom stereocenters. The molecule has 0 aliphatic carbocycles. The van der Waals surface area contributed by atoms with Crippen molar-refractivity contribution in [3.63, 3.8) is 0 Å². The molecule has 0 saturated carbocycles. The monoisotopic (exact) mass is 283 g/mol. The lowest BCUT2D eigenvalue weighted by Gasteiger charge is -2.10. The molecule has 0 aliphatic rings. The second kappa shape index (κ2) is 5.21. The molecule has 0 saturated heterocycles. The van der Waals surface area contributed by atoms with Gasteiger partial charge in [-0.2, -0.15) is 0 Å². The van der Waals surface area contributed by atoms with E-state index in [2.05, 4.69) is 60.3 Å². The van der Waals surface area contributed by atoms with Gasteiger partial charge in [0.25, 0.3) is 0 Å². The fourth-order valence-electron chi connectivity index (χ4n) is 2.26. The van der Waals surface area contributed by atoms with Crippen LogP contribution in [0.3, 0.4) is 0 Å². The number of anilines is 2. The van der Waals surface area contributed by atoms with Gasteiger partial charge in [-0.3, -0.25) is 0 Å². The molecule has 2 aromatic heterocycles. The molecule has 1 N–H and O–H groups in total. The van der Waals surface area contributed by atoms with Crippen molar-refractivity contribution >= 4 is 33.1 Å². The van der Waals surface area contributed by atoms with Crippen LogP contribution in [0.5, 0.6) is 0 Å². The molecule has 1 aromatic carbocycles. The van der Waals surface area contributed by atoms with Crippen LogP contribution < -0.4 is 5.32 Å². The van der Waals surface area contributed by atoms with Crippen molar-refractivity contribution in [3.05, 3.63) is 46.6 Å². The summed E-state index contributed by atoms with van der Waals surface area (Å²) < 4.78 is 0. The number of hydrogen-bond donors (Lipinski definition) is 1. The maximum atomic E-state index is 4.40. The number of benzene rings is 1. The predicted octanol–water partition coefficient (Wildman–Crippen LogP) is 4.61. The van der Waals surface area contributed by atoms with Crippen molar-refractivity contribution in [1.82, 2.24) is 9.97 Å². The largest absolute Gasteiger partial charge is 0.339 e. The summed E-state index contributed by atoms with van der Waals surface area (Å²) in [6.45, 7) is 6.38. The van der Waals surface area contributed by atoms with Crippen molar-refractivity contribution in [2.45, 2.75) is 27.2 Å². The minimum Gasteiger partial charge on any atom is -0.339 e. The molecule has 4 heteroatoms. The Morgan fingerprint density at radius 1 is 1.15 bits per heavy atom. The average molecular weight is 283 g/mol. The van der Waals surface area contributed by atoms with Gasteiger partial charge in [-0.15, -0.1) is 11.3 Å². The minimum atomic E-state index is 0.887. The summed E-state index contributed by atoms with van der Waals surface area (Å²) in [6.07, 6.45) is 2.66. The molecule has 3 rings (SSSR count). The first-order chi connectivity index (χ1) is 9.67. The van der Waals surface area contributed by atoms with E-state index >= 15 is 0 Å². The first kappa shape index (κ1) is 13.1. The molecule has 0 bridgehead atoms. The Morgan fingerprint density at radius 2 is 2.00 bits per heavy atom. The standard InChI is InChI=1S/C16H17N3S/c1-4-12-8-13-15(17-9-18-16(13)20-12)19-14-6-5-10(2)7-11(14)3/h5-9H,4H2,1-3H3,(H,17,18,19). The van der Waals surface area contributed by atoms with E-state index in [-0.39, 0.29) is 0 Å². The zero-order valence-corrected chi connectivity index (χ0v) is 12.7. The third-order valence-corrected chi connectivity index (χ3v) is 4.55. The molecular weight excluding hydrogens is 266 g/mol. The molecule has 0 aliphatic heterocycles. The van der Waals surface area contributed by atoms with Crippen LogP contribution in [-0.4, -0.2) is 9.97 Å². The van der Waals surface area contributed by atoms with Crippen LogP contribution in [0.4, 0.5) is 11.5 Å². The van der Waals surface area contributed by atoms with Crippen molar-refractivity contribution in [3.8, 4) is 0 Å². The molecule has 0 unspecified atom stereocenters. The fourth-order valence-corrected chi connectivity index (χ4v) is 3.20. The Labute approximate surface area is 122 Å². The third kappa shape index (κ3) is 2.39. The van der Waals surface area contributed by atoms with Gasteiger partial charge in [0.05, 0.1) is 5.39 Å². The zero-order chi connectivity index (χ0) is 14.1. The Kier molecular flexibility index (Phi) is 3.40. The molecule has 102 valence electrons. The number of hydrogen-bond acceptors (Lipinski definition) is 4. The number of rotatable bonds is 3. The van der Waals surface area contributed by atoms with Crippen molar-refractivity contribution in [2.75, 3.05) is 5.32 Å². The van der Waals surface area contributed by atoms with E-state index in [1.54, 1.807) is 17.7 Å². The first-order valence-corrected chi connectivity index (χ1v) is 7.56. The maximum Gasteiger partial charge on any atom is 0.142 e. The number of thiophene rings is 1. The molecule has 0 spiro atoms. The second-order valence-electron chi connectivity index (χ2n) is 4.95. The molecule has 0 fully saturated rings. The van der Waals surface area contributed by atoms with E-state index in [4.69, 9.17) is 0 Å². The van der Waals surface area contributed by atoms with Gasteiger partial charge in [0, 0.05) is 10.6 Å². The summed E-state index contributed by atoms with van der Waals surface area (Å²) in [5, 5.41) is 4.54. The average Bonchev–Trinajstić information content (AvgIpc) is 2.86. The quantitative estimate of drug-likeness (QED) is 0.762. The van der Waals surface area contributed by atoms with Gasteiger partial charge in [-0.05, 0) is 38.0 Å². The van der Waals surface area contributed by atoms with E-state index in [1.807, 2.05) is 0 Å². The summed E-state index contributed by atoms with van der Waals surface area (Å²) >= 11 is 1.74. The summed E-state index contributed by atoms with van der Waals surface area (Å²) in [4.78, 5) is 11.1. The molecule has 2 heterocycles. The zero-order valence-electron chi connectivity index (χ0n) is 11.9. The van der Waals surface area contributed by atoms with Crippen LogP contribution in [0.25, 0.3) is 10.2 Å². The van der Waals surface area contributed by atoms with Crippen molar-refractivity contribution < 1.29 is 0 Å². The van der Waals surface area contributed by atoms with Gasteiger partial charge in [0.2, 0.25) is 0 Å². The van der Waals surface area contributed by atoms with Gasteiger partial charge in [0.1, 0.15) is 17.0 Å². The molecule has 3 aromatic rings. The topological polar surface area (TPSA) is 37.8 Å². The number of nitrogens with one attached hydrogen (secondary N) is 1. The van der Waals surface area contributed by atoms with E-state index < -0.39 is 0 Å². The van der Waals surface area contributed by atoms with Gasteiger partial charge in [-0.1, -0.05) is 24.6 Å². The van der Waals surface area contributed by atoms with Gasteiger partial charge >= 0.3 is 0 Å². The maximum absolute atomic E-state index is 4.40. The van der Waals surface area contributed by atoms with Crippen LogP contribution in [-0.2, 0) is 6.42 Å². The lowest BCUT2D eigenvalue weighted by Crippen LogP contribution is -1.96. The Morgan fingerprint density at radius 3 is 2.75 bits per heavy atom. The second-order valence-corrected chi connectivity index (χ2v) is 6.07. The molecule has 0 radical (unpaired) electrons. The van der Waals surface area contributed by atoms with Gasteiger partial charge < -0.3 is 5.32 Å². The van der Waals surface area contributed by atoms with E-state index in [9.17, 15) is 0 Å². The molecule has 3 nitrogen and oxygen atoms in total. The van der Waals surface area contributed by atoms with E-state index in [1.165, 1.54) is 16.0 Å². The van der Waals surface area contributed by atoms with Crippen LogP contribution in [0.2, 0.25) is 0 Å². The Hall–Kier alpha value is -1.94. The van der Waals surface area contributed by atoms with E-state index in [0.29, 0.717) is 0 Å². The third-order valence-electron chi connectivity index (χ3n) is 3.36. The van der Waals surface area contributed by atoms with Crippen LogP contribution in [0.1, 0.15) is 22.9 Å². The Bertz CT molecular complexity index is 762. The van der Waals surface area contributed by atoms with Crippen LogP contribution >= 0.6 is 11.3 Å². The smallest absolute Gasteiger partial charge is 0.142 e. The highest BCUT2D eigenvalue weighted by Crippen LogP contribution is 2.30. The van der Waals surface area contributed by atoms with Crippen molar-refractivity contribution in [1.29, 1.82) is 0 Å². The highest BCUT2D eigenvalue weighted by Gasteiger charge is 2.09. The fraction of sp³-hybridized carbons (Fsp3) is 0.250. The molecular formula is C16H17N3S. The number of aromatic nitrogens is 2. The van der Waals surface area contributed by atoms with Crippen LogP contribution in [0.15, 0.2) is 30.6 Å². The highest BCUT2D eigenvalue weighted by molar-refractivity contribution is 7.18. The Balaban J connectivity index is 2.03. The minimum absolute atomic E-state index is 0.887. The molecule has 0 amide bonds. The van der Waals surface area contributed by atoms with Crippen LogP contribution in [0, 0.1) is 13.8 Å².